The van der Waals surface area contributed by atoms with Crippen LogP contribution < -0.4 is 5.90 Å². The van der Waals surface area contributed by atoms with E-state index in [-0.39, 0.29) is 0 Å². The third kappa shape index (κ3) is 3.21. The van der Waals surface area contributed by atoms with Crippen LogP contribution in [0.1, 0.15) is 0 Å². The topological polar surface area (TPSA) is 67.8 Å². The van der Waals surface area contributed by atoms with Crippen molar-refractivity contribution in [1.29, 1.82) is 0 Å². The molecule has 1 heterocycles. The van der Waals surface area contributed by atoms with Gasteiger partial charge in [-0.1, -0.05) is 0 Å². The first-order chi connectivity index (χ1) is 3.50. The van der Waals surface area contributed by atoms with Crippen LogP contribution in [-0.2, 0) is 4.74 Å². The molecule has 42 valence electrons. The highest BCUT2D eigenvalue weighted by molar-refractivity contribution is 5.47. The molecule has 0 spiro atoms. The standard InChI is InChI=1S/C3H5NO.H3NO/c1-2-5-3-4-1;1-2/h3H,1-2H2;2H,1H2. The van der Waals surface area contributed by atoms with Gasteiger partial charge in [0.05, 0.1) is 6.54 Å². The van der Waals surface area contributed by atoms with Crippen LogP contribution in [0, 0.1) is 0 Å². The fourth-order valence-electron chi connectivity index (χ4n) is 0.264. The summed E-state index contributed by atoms with van der Waals surface area (Å²) in [6.07, 6.45) is 1.49. The number of rotatable bonds is 0. The summed E-state index contributed by atoms with van der Waals surface area (Å²) in [6, 6.07) is 0. The fourth-order valence-corrected chi connectivity index (χ4v) is 0.264. The van der Waals surface area contributed by atoms with Crippen LogP contribution in [0.2, 0.25) is 0 Å². The summed E-state index contributed by atoms with van der Waals surface area (Å²) in [7, 11) is 0. The molecular formula is C3H8N2O2. The highest BCUT2D eigenvalue weighted by Gasteiger charge is 1.84. The van der Waals surface area contributed by atoms with Crippen molar-refractivity contribution in [2.24, 2.45) is 10.9 Å². The largest absolute Gasteiger partial charge is 0.482 e. The van der Waals surface area contributed by atoms with Crippen molar-refractivity contribution < 1.29 is 9.94 Å². The van der Waals surface area contributed by atoms with Crippen LogP contribution >= 0.6 is 0 Å². The summed E-state index contributed by atoms with van der Waals surface area (Å²) >= 11 is 0. The molecule has 7 heavy (non-hydrogen) atoms. The smallest absolute Gasteiger partial charge is 0.169 e. The molecular weight excluding hydrogens is 96.0 g/mol. The first-order valence-electron chi connectivity index (χ1n) is 1.86. The SMILES string of the molecule is C1=NCCO1.NO. The second-order valence-corrected chi connectivity index (χ2v) is 0.882. The number of ether oxygens (including phenoxy) is 1. The Morgan fingerprint density at radius 1 is 1.71 bits per heavy atom. The minimum Gasteiger partial charge on any atom is -0.482 e. The van der Waals surface area contributed by atoms with Crippen LogP contribution in [0.4, 0.5) is 0 Å². The maximum atomic E-state index is 6.50. The minimum absolute atomic E-state index is 0.778. The van der Waals surface area contributed by atoms with E-state index in [0.717, 1.165) is 13.2 Å². The number of nitrogens with zero attached hydrogens (tertiary/aromatic N) is 1. The maximum Gasteiger partial charge on any atom is 0.169 e. The number of hydrogen-bond donors (Lipinski definition) is 2. The summed E-state index contributed by atoms with van der Waals surface area (Å²) in [6.45, 7) is 1.62. The zero-order valence-electron chi connectivity index (χ0n) is 3.87. The van der Waals surface area contributed by atoms with Crippen molar-refractivity contribution in [3.63, 3.8) is 0 Å². The summed E-state index contributed by atoms with van der Waals surface area (Å²) in [5.41, 5.74) is 0. The van der Waals surface area contributed by atoms with Gasteiger partial charge in [-0.3, -0.25) is 4.99 Å². The Morgan fingerprint density at radius 3 is 2.57 bits per heavy atom. The summed E-state index contributed by atoms with van der Waals surface area (Å²) in [5, 5.41) is 6.50. The number of aliphatic imine (C=N–C) groups is 1. The van der Waals surface area contributed by atoms with E-state index in [4.69, 9.17) is 5.21 Å². The molecule has 4 nitrogen and oxygen atoms in total. The monoisotopic (exact) mass is 104 g/mol. The van der Waals surface area contributed by atoms with E-state index in [2.05, 4.69) is 15.6 Å². The Morgan fingerprint density at radius 2 is 2.43 bits per heavy atom. The van der Waals surface area contributed by atoms with E-state index in [1.165, 1.54) is 6.40 Å². The van der Waals surface area contributed by atoms with Gasteiger partial charge in [-0.2, -0.15) is 0 Å². The third-order valence-corrected chi connectivity index (χ3v) is 0.487. The molecule has 0 unspecified atom stereocenters. The van der Waals surface area contributed by atoms with Crippen molar-refractivity contribution in [1.82, 2.24) is 0 Å². The third-order valence-electron chi connectivity index (χ3n) is 0.487. The van der Waals surface area contributed by atoms with Crippen molar-refractivity contribution in [3.05, 3.63) is 0 Å². The maximum absolute atomic E-state index is 6.50. The molecule has 4 heteroatoms. The number of hydrogen-bond acceptors (Lipinski definition) is 4. The van der Waals surface area contributed by atoms with Crippen LogP contribution in [0.15, 0.2) is 4.99 Å². The van der Waals surface area contributed by atoms with E-state index in [1.54, 1.807) is 0 Å². The van der Waals surface area contributed by atoms with Gasteiger partial charge in [0.1, 0.15) is 6.61 Å². The van der Waals surface area contributed by atoms with Gasteiger partial charge in [0.15, 0.2) is 6.40 Å². The molecule has 0 aromatic heterocycles. The van der Waals surface area contributed by atoms with E-state index in [1.807, 2.05) is 0 Å². The molecule has 0 aromatic rings. The van der Waals surface area contributed by atoms with Crippen LogP contribution in [0.25, 0.3) is 0 Å². The molecule has 0 aromatic carbocycles. The second-order valence-electron chi connectivity index (χ2n) is 0.882. The lowest BCUT2D eigenvalue weighted by molar-refractivity contribution is 0.311. The van der Waals surface area contributed by atoms with Gasteiger partial charge in [-0.25, -0.2) is 5.90 Å². The Hall–Kier alpha value is -0.610. The van der Waals surface area contributed by atoms with Gasteiger partial charge in [0.2, 0.25) is 0 Å². The van der Waals surface area contributed by atoms with Gasteiger partial charge >= 0.3 is 0 Å². The average molecular weight is 104 g/mol. The van der Waals surface area contributed by atoms with Gasteiger partial charge in [0.25, 0.3) is 0 Å². The predicted molar refractivity (Wildman–Crippen MR) is 25.3 cm³/mol. The van der Waals surface area contributed by atoms with Crippen molar-refractivity contribution in [2.45, 2.75) is 0 Å². The first-order valence-corrected chi connectivity index (χ1v) is 1.86. The Labute approximate surface area is 41.6 Å². The van der Waals surface area contributed by atoms with Gasteiger partial charge in [-0.15, -0.1) is 0 Å². The van der Waals surface area contributed by atoms with E-state index < -0.39 is 0 Å². The highest BCUT2D eigenvalue weighted by atomic mass is 16.5. The Bertz CT molecular complexity index is 48.9. The lowest BCUT2D eigenvalue weighted by atomic mass is 10.8. The Balaban J connectivity index is 0.000000162. The molecule has 1 rings (SSSR count). The molecule has 0 amide bonds. The average Bonchev–Trinajstić information content (AvgIpc) is 2.23. The fraction of sp³-hybridized carbons (Fsp3) is 0.667. The van der Waals surface area contributed by atoms with Gasteiger partial charge in [0, 0.05) is 0 Å². The number of nitrogens with two attached hydrogens (primary N) is 1. The molecule has 1 aliphatic rings. The lowest BCUT2D eigenvalue weighted by Gasteiger charge is -1.76. The molecule has 3 N–H and O–H groups in total. The van der Waals surface area contributed by atoms with Crippen molar-refractivity contribution in [3.8, 4) is 0 Å². The molecule has 1 aliphatic heterocycles. The van der Waals surface area contributed by atoms with Gasteiger partial charge < -0.3 is 9.94 Å². The van der Waals surface area contributed by atoms with Crippen LogP contribution in [0.3, 0.4) is 0 Å². The summed E-state index contributed by atoms with van der Waals surface area (Å²) in [5.74, 6) is 3.50. The Kier molecular flexibility index (Phi) is 4.92. The van der Waals surface area contributed by atoms with E-state index in [0.29, 0.717) is 0 Å². The van der Waals surface area contributed by atoms with Crippen molar-refractivity contribution >= 4 is 6.40 Å². The van der Waals surface area contributed by atoms with Crippen LogP contribution in [0.5, 0.6) is 0 Å². The van der Waals surface area contributed by atoms with Crippen LogP contribution in [-0.4, -0.2) is 24.8 Å². The second kappa shape index (κ2) is 5.39. The molecule has 0 saturated carbocycles. The zero-order valence-corrected chi connectivity index (χ0v) is 3.87. The first kappa shape index (κ1) is 6.39. The van der Waals surface area contributed by atoms with Crippen molar-refractivity contribution in [2.75, 3.05) is 13.2 Å². The normalized spacial score (nSPS) is 14.6. The molecule has 0 saturated heterocycles. The van der Waals surface area contributed by atoms with Gasteiger partial charge in [-0.05, 0) is 0 Å². The minimum atomic E-state index is 0.778. The molecule has 0 atom stereocenters. The molecule has 0 radical (unpaired) electrons. The lowest BCUT2D eigenvalue weighted by Crippen LogP contribution is -1.80. The molecule has 0 aliphatic carbocycles. The quantitative estimate of drug-likeness (QED) is 0.402. The summed E-state index contributed by atoms with van der Waals surface area (Å²) in [4.78, 5) is 3.74. The zero-order chi connectivity index (χ0) is 5.54. The molecule has 0 fully saturated rings. The summed E-state index contributed by atoms with van der Waals surface area (Å²) < 4.78 is 4.65. The van der Waals surface area contributed by atoms with E-state index in [9.17, 15) is 0 Å². The van der Waals surface area contributed by atoms with E-state index >= 15 is 0 Å². The predicted octanol–water partition coefficient (Wildman–Crippen LogP) is -0.621. The molecule has 0 bridgehead atoms. The highest BCUT2D eigenvalue weighted by Crippen LogP contribution is 1.78.